The van der Waals surface area contributed by atoms with Gasteiger partial charge in [0.1, 0.15) is 6.10 Å². The van der Waals surface area contributed by atoms with Gasteiger partial charge in [0.15, 0.2) is 0 Å². The van der Waals surface area contributed by atoms with Gasteiger partial charge in [0, 0.05) is 18.6 Å². The van der Waals surface area contributed by atoms with Gasteiger partial charge in [0.05, 0.1) is 12.2 Å². The maximum atomic E-state index is 11.6. The second kappa shape index (κ2) is 10.4. The quantitative estimate of drug-likeness (QED) is 0.377. The van der Waals surface area contributed by atoms with Gasteiger partial charge in [-0.2, -0.15) is 0 Å². The highest BCUT2D eigenvalue weighted by Gasteiger charge is 2.60. The first-order valence-electron chi connectivity index (χ1n) is 14.1. The average molecular weight is 475 g/mol. The van der Waals surface area contributed by atoms with Crippen molar-refractivity contribution in [2.75, 3.05) is 13.2 Å². The minimum absolute atomic E-state index is 0.0637. The first-order chi connectivity index (χ1) is 16.1. The second-order valence-electron chi connectivity index (χ2n) is 12.9. The predicted molar refractivity (Wildman–Crippen MR) is 137 cm³/mol. The molecule has 0 aromatic rings. The van der Waals surface area contributed by atoms with Crippen molar-refractivity contribution in [2.24, 2.45) is 40.4 Å². The van der Waals surface area contributed by atoms with E-state index in [1.165, 1.54) is 44.1 Å². The number of allylic oxidation sites excluding steroid dienone is 3. The maximum Gasteiger partial charge on any atom is 0.110 e. The lowest BCUT2D eigenvalue weighted by molar-refractivity contribution is -0.162. The summed E-state index contributed by atoms with van der Waals surface area (Å²) in [5.74, 6) is 3.28. The molecule has 0 spiro atoms. The number of ether oxygens (including phenoxy) is 1. The first kappa shape index (κ1) is 26.4. The van der Waals surface area contributed by atoms with E-state index in [-0.39, 0.29) is 12.0 Å². The molecule has 3 N–H and O–H groups in total. The van der Waals surface area contributed by atoms with E-state index in [0.29, 0.717) is 36.7 Å². The molecule has 34 heavy (non-hydrogen) atoms. The third-order valence-electron chi connectivity index (χ3n) is 10.6. The summed E-state index contributed by atoms with van der Waals surface area (Å²) in [6, 6.07) is 0. The maximum absolute atomic E-state index is 11.6. The highest BCUT2D eigenvalue weighted by molar-refractivity contribution is 5.40. The highest BCUT2D eigenvalue weighted by atomic mass is 16.5. The molecule has 4 rings (SSSR count). The van der Waals surface area contributed by atoms with Crippen molar-refractivity contribution < 1.29 is 20.1 Å². The number of aliphatic hydroxyl groups excluding tert-OH is 3. The minimum Gasteiger partial charge on any atom is -0.396 e. The lowest BCUT2D eigenvalue weighted by Gasteiger charge is -2.57. The van der Waals surface area contributed by atoms with Crippen LogP contribution in [-0.2, 0) is 4.74 Å². The van der Waals surface area contributed by atoms with E-state index in [0.717, 1.165) is 24.2 Å². The van der Waals surface area contributed by atoms with E-state index in [4.69, 9.17) is 9.84 Å². The van der Waals surface area contributed by atoms with E-state index >= 15 is 0 Å². The van der Waals surface area contributed by atoms with Crippen LogP contribution in [0.3, 0.4) is 0 Å². The van der Waals surface area contributed by atoms with Crippen molar-refractivity contribution in [3.8, 4) is 0 Å². The number of hydrogen-bond donors (Lipinski definition) is 3. The van der Waals surface area contributed by atoms with Crippen LogP contribution in [0.2, 0.25) is 0 Å². The van der Waals surface area contributed by atoms with Crippen molar-refractivity contribution in [2.45, 2.75) is 111 Å². The lowest BCUT2D eigenvalue weighted by Crippen LogP contribution is -2.59. The van der Waals surface area contributed by atoms with Gasteiger partial charge in [0.2, 0.25) is 0 Å². The van der Waals surface area contributed by atoms with E-state index in [1.54, 1.807) is 5.57 Å². The van der Waals surface area contributed by atoms with Crippen molar-refractivity contribution in [3.05, 3.63) is 23.3 Å². The summed E-state index contributed by atoms with van der Waals surface area (Å²) in [5, 5.41) is 31.5. The summed E-state index contributed by atoms with van der Waals surface area (Å²) in [6.45, 7) is 12.4. The van der Waals surface area contributed by atoms with Crippen molar-refractivity contribution in [1.29, 1.82) is 0 Å². The van der Waals surface area contributed by atoms with Crippen LogP contribution in [0.5, 0.6) is 0 Å². The Morgan fingerprint density at radius 3 is 2.47 bits per heavy atom. The van der Waals surface area contributed by atoms with Gasteiger partial charge in [-0.25, -0.2) is 0 Å². The fourth-order valence-electron chi connectivity index (χ4n) is 8.56. The molecule has 0 unspecified atom stereocenters. The molecule has 3 fully saturated rings. The largest absolute Gasteiger partial charge is 0.396 e. The fraction of sp³-hybridized carbons (Fsp3) is 0.867. The Balaban J connectivity index is 1.54. The number of fused-ring (bicyclic) bond motifs is 5. The molecule has 194 valence electrons. The monoisotopic (exact) mass is 474 g/mol. The normalized spacial score (nSPS) is 42.5. The Kier molecular flexibility index (Phi) is 8.04. The zero-order valence-corrected chi connectivity index (χ0v) is 22.3. The molecule has 0 bridgehead atoms. The van der Waals surface area contributed by atoms with E-state index in [1.807, 2.05) is 0 Å². The molecule has 4 heteroatoms. The lowest BCUT2D eigenvalue weighted by atomic mass is 9.49. The Bertz CT molecular complexity index is 772. The molecule has 0 aromatic heterocycles. The Labute approximate surface area is 207 Å². The molecule has 4 aliphatic rings. The van der Waals surface area contributed by atoms with E-state index < -0.39 is 18.3 Å². The van der Waals surface area contributed by atoms with Crippen LogP contribution in [0, 0.1) is 40.4 Å². The van der Waals surface area contributed by atoms with Crippen LogP contribution in [0.4, 0.5) is 0 Å². The van der Waals surface area contributed by atoms with Gasteiger partial charge < -0.3 is 20.1 Å². The van der Waals surface area contributed by atoms with Gasteiger partial charge in [-0.05, 0) is 73.5 Å². The van der Waals surface area contributed by atoms with Gasteiger partial charge in [-0.1, -0.05) is 77.2 Å². The molecule has 4 aliphatic carbocycles. The van der Waals surface area contributed by atoms with Crippen LogP contribution in [0.25, 0.3) is 0 Å². The van der Waals surface area contributed by atoms with Crippen LogP contribution in [0.15, 0.2) is 23.3 Å². The molecule has 0 radical (unpaired) electrons. The summed E-state index contributed by atoms with van der Waals surface area (Å²) >= 11 is 0. The van der Waals surface area contributed by atoms with Gasteiger partial charge >= 0.3 is 0 Å². The third-order valence-corrected chi connectivity index (χ3v) is 10.6. The molecular weight excluding hydrogens is 424 g/mol. The Morgan fingerprint density at radius 1 is 1.00 bits per heavy atom. The van der Waals surface area contributed by atoms with Crippen molar-refractivity contribution >= 4 is 0 Å². The molecule has 0 amide bonds. The SMILES string of the molecule is CC(C)CCC[C@@H](C)[C@H]1CC[C@H]2C3=CC=C4C[C@@H](O)[C@@H](OCCCO)[C@H](O)[C@]4(C)[C@H]3CC[C@]12C. The summed E-state index contributed by atoms with van der Waals surface area (Å²) in [5.41, 5.74) is 2.72. The topological polar surface area (TPSA) is 69.9 Å². The predicted octanol–water partition coefficient (Wildman–Crippen LogP) is 5.66. The van der Waals surface area contributed by atoms with E-state index in [2.05, 4.69) is 46.8 Å². The molecule has 4 nitrogen and oxygen atoms in total. The van der Waals surface area contributed by atoms with Gasteiger partial charge in [-0.15, -0.1) is 0 Å². The Hall–Kier alpha value is -0.680. The molecule has 0 aromatic carbocycles. The standard InChI is InChI=1S/C30H50O4/c1-19(2)8-6-9-20(3)23-12-13-24-22-11-10-21-18-26(32)27(34-17-7-16-31)28(33)30(21,5)25(22)14-15-29(23,24)4/h10-11,19-20,23-28,31-33H,6-9,12-18H2,1-5H3/t20-,23-,24+,25+,26-,27-,28+,29-,30+/m1/s1. The van der Waals surface area contributed by atoms with Crippen LogP contribution in [-0.4, -0.2) is 46.8 Å². The van der Waals surface area contributed by atoms with Gasteiger partial charge in [0.25, 0.3) is 0 Å². The van der Waals surface area contributed by atoms with Crippen LogP contribution < -0.4 is 0 Å². The van der Waals surface area contributed by atoms with E-state index in [9.17, 15) is 10.2 Å². The number of rotatable bonds is 9. The second-order valence-corrected chi connectivity index (χ2v) is 12.9. The molecule has 0 heterocycles. The molecular formula is C30H50O4. The fourth-order valence-corrected chi connectivity index (χ4v) is 8.56. The number of hydrogen-bond acceptors (Lipinski definition) is 4. The van der Waals surface area contributed by atoms with Crippen molar-refractivity contribution in [1.82, 2.24) is 0 Å². The smallest absolute Gasteiger partial charge is 0.110 e. The third kappa shape index (κ3) is 4.46. The average Bonchev–Trinajstić information content (AvgIpc) is 3.14. The summed E-state index contributed by atoms with van der Waals surface area (Å²) in [4.78, 5) is 0. The molecule has 0 saturated heterocycles. The summed E-state index contributed by atoms with van der Waals surface area (Å²) in [7, 11) is 0. The van der Waals surface area contributed by atoms with Crippen LogP contribution >= 0.6 is 0 Å². The molecule has 9 atom stereocenters. The van der Waals surface area contributed by atoms with Gasteiger partial charge in [-0.3, -0.25) is 0 Å². The molecule has 0 aliphatic heterocycles. The van der Waals surface area contributed by atoms with Crippen LogP contribution in [0.1, 0.15) is 92.4 Å². The number of aliphatic hydroxyl groups is 3. The zero-order chi connectivity index (χ0) is 24.7. The highest BCUT2D eigenvalue weighted by Crippen LogP contribution is 2.66. The van der Waals surface area contributed by atoms with Crippen molar-refractivity contribution in [3.63, 3.8) is 0 Å². The molecule has 3 saturated carbocycles. The first-order valence-corrected chi connectivity index (χ1v) is 14.1. The summed E-state index contributed by atoms with van der Waals surface area (Å²) < 4.78 is 5.94. The minimum atomic E-state index is -0.730. The zero-order valence-electron chi connectivity index (χ0n) is 22.3. The Morgan fingerprint density at radius 2 is 1.76 bits per heavy atom. The summed E-state index contributed by atoms with van der Waals surface area (Å²) in [6.07, 6.45) is 12.7.